The van der Waals surface area contributed by atoms with Crippen LogP contribution in [0.25, 0.3) is 100 Å². The van der Waals surface area contributed by atoms with Crippen molar-refractivity contribution in [1.82, 2.24) is 39.9 Å². The van der Waals surface area contributed by atoms with Crippen LogP contribution in [-0.4, -0.2) is 144 Å². The van der Waals surface area contributed by atoms with E-state index in [0.717, 1.165) is 84.9 Å². The van der Waals surface area contributed by atoms with E-state index in [1.54, 1.807) is 0 Å². The van der Waals surface area contributed by atoms with Crippen LogP contribution >= 0.6 is 0 Å². The average Bonchev–Trinajstić information content (AvgIpc) is 1.29. The zero-order valence-electron chi connectivity index (χ0n) is 48.8. The molecular formula is C55H35N13O24S8. The van der Waals surface area contributed by atoms with E-state index in [2.05, 4.69) is 50.4 Å². The Hall–Kier alpha value is -10.5. The van der Waals surface area contributed by atoms with Crippen LogP contribution in [0.4, 0.5) is 28.4 Å². The molecule has 8 bridgehead atoms. The second-order valence-corrected chi connectivity index (χ2v) is 33.4. The van der Waals surface area contributed by atoms with Gasteiger partial charge < -0.3 is 20.8 Å². The number of rotatable bonds is 14. The van der Waals surface area contributed by atoms with Crippen molar-refractivity contribution < 1.29 is 104 Å². The van der Waals surface area contributed by atoms with E-state index in [0.29, 0.717) is 18.2 Å². The summed E-state index contributed by atoms with van der Waals surface area (Å²) in [6, 6.07) is 20.3. The molecule has 0 spiro atoms. The first-order valence-corrected chi connectivity index (χ1v) is 38.9. The van der Waals surface area contributed by atoms with Gasteiger partial charge in [0, 0.05) is 43.8 Å². The van der Waals surface area contributed by atoms with Crippen LogP contribution in [0.1, 0.15) is 5.56 Å². The van der Waals surface area contributed by atoms with E-state index in [1.165, 1.54) is 24.3 Å². The number of aromatic hydroxyl groups is 1. The number of benzene rings is 8. The summed E-state index contributed by atoms with van der Waals surface area (Å²) in [6.45, 7) is 0. The number of phenolic OH excluding ortho intramolecular Hbond substituents is 1. The van der Waals surface area contributed by atoms with Gasteiger partial charge in [0.1, 0.15) is 54.3 Å². The summed E-state index contributed by atoms with van der Waals surface area (Å²) in [7, 11) is -40.6. The van der Waals surface area contributed by atoms with Crippen molar-refractivity contribution >= 4 is 164 Å². The molecule has 0 saturated heterocycles. The highest BCUT2D eigenvalue weighted by atomic mass is 32.2. The van der Waals surface area contributed by atoms with Gasteiger partial charge in [0.2, 0.25) is 0 Å². The smallest absolute Gasteiger partial charge is 0.296 e. The van der Waals surface area contributed by atoms with Gasteiger partial charge in [-0.05, 0) is 132 Å². The number of anilines is 1. The topological polar surface area (TPSA) is 619 Å². The third-order valence-corrected chi connectivity index (χ3v) is 22.9. The highest BCUT2D eigenvalue weighted by Crippen LogP contribution is 2.49. The van der Waals surface area contributed by atoms with E-state index >= 15 is 0 Å². The monoisotopic (exact) mass is 1520 g/mol. The molecule has 0 atom stereocenters. The normalized spacial score (nSPS) is 13.4. The second-order valence-electron chi connectivity index (χ2n) is 21.5. The molecule has 5 heterocycles. The molecule has 11 aromatic rings. The number of hydrogen-bond donors (Lipinski definition) is 11. The lowest BCUT2D eigenvalue weighted by Crippen LogP contribution is -2.06. The molecule has 45 heteroatoms. The molecule has 100 heavy (non-hydrogen) atoms. The van der Waals surface area contributed by atoms with Gasteiger partial charge in [-0.1, -0.05) is 6.07 Å². The van der Waals surface area contributed by atoms with E-state index in [-0.39, 0.29) is 101 Å². The van der Waals surface area contributed by atoms with Crippen LogP contribution in [0, 0.1) is 0 Å². The largest absolute Gasteiger partial charge is 0.505 e. The molecule has 37 nitrogen and oxygen atoms in total. The quantitative estimate of drug-likeness (QED) is 0.0280. The first kappa shape index (κ1) is 68.0. The lowest BCUT2D eigenvalue weighted by Gasteiger charge is -2.14. The molecule has 0 unspecified atom stereocenters. The summed E-state index contributed by atoms with van der Waals surface area (Å²) in [5.41, 5.74) is 0.877. The van der Waals surface area contributed by atoms with Gasteiger partial charge in [0.25, 0.3) is 70.8 Å². The fourth-order valence-electron chi connectivity index (χ4n) is 10.6. The maximum atomic E-state index is 14.8. The SMILES string of the molecule is Nc1c(N=Nc2ccc(S(=O)(=O)O)cc2)c(S(=O)(=O)O)cc2cc(S(=O)(=O)O)c(N=Nc3cc(CS(=O)(=O)c4ccc5c(c4)-c4nc-5nc5[nH]c(nc6nc(nc7[nH]c(n4)c4cc(S(=O)(=O)O)ccc74)-c4cc(S(=O)(=O)O)ccc4-6)c4cc(S(=O)(=O)O)ccc54)ccc3S(=O)(=O)O)c(O)c12. The maximum absolute atomic E-state index is 14.8. The molecule has 13 rings (SSSR count). The number of H-pyrrole nitrogens is 2. The van der Waals surface area contributed by atoms with Crippen LogP contribution in [0.3, 0.4) is 0 Å². The summed E-state index contributed by atoms with van der Waals surface area (Å²) in [6.07, 6.45) is 0. The number of aromatic amines is 2. The standard InChI is InChI=1S/C55H35N13O24S8/c56-44-43-24(16-41(99(87,88)89)45(44)67-65-25-2-4-26(5-3-25)94(72,73)74)17-42(100(90,91)92)46(47(43)69)68-66-39-15-23(1-14-40(39)98(84,85)86)22-93(70,71)27-6-10-31-35(18-27)52-58-48(31)57-49-32-11-7-28(95(75,76)77)19-36(32)53(59-49)60-50-33-12-8-29(96(78,79)80)20-37(33)54(61-50)62-51-34-13-9-30(97(81,82)83)21-38(34)55(63-51)64-52/h1-21,69H,22,56H2,(H,72,73,74)(H,75,76,77)(H,78,79,80)(H,81,82,83)(H,84,85,86)(H,87,88,89)(H,90,91,92)(H2,57,58,59,60,61,62,63,64). The third kappa shape index (κ3) is 12.6. The van der Waals surface area contributed by atoms with Crippen molar-refractivity contribution in [3.8, 4) is 51.3 Å². The summed E-state index contributed by atoms with van der Waals surface area (Å²) in [5.74, 6) is -3.53. The number of nitrogens with zero attached hydrogens (tertiary/aromatic N) is 10. The Morgan fingerprint density at radius 2 is 0.760 bits per heavy atom. The molecule has 0 amide bonds. The van der Waals surface area contributed by atoms with E-state index < -0.39 is 165 Å². The fourth-order valence-corrected chi connectivity index (χ4v) is 15.9. The van der Waals surface area contributed by atoms with Crippen molar-refractivity contribution in [1.29, 1.82) is 0 Å². The minimum Gasteiger partial charge on any atom is -0.505 e. The molecule has 3 aromatic heterocycles. The average molecular weight is 1520 g/mol. The van der Waals surface area contributed by atoms with Gasteiger partial charge in [-0.25, -0.2) is 38.3 Å². The summed E-state index contributed by atoms with van der Waals surface area (Å²) in [4.78, 5) is 27.1. The minimum atomic E-state index is -5.61. The highest BCUT2D eigenvalue weighted by molar-refractivity contribution is 7.90. The van der Waals surface area contributed by atoms with Crippen molar-refractivity contribution in [3.63, 3.8) is 0 Å². The highest BCUT2D eigenvalue weighted by Gasteiger charge is 2.32. The molecule has 2 aliphatic heterocycles. The lowest BCUT2D eigenvalue weighted by molar-refractivity contribution is 0.472. The predicted octanol–water partition coefficient (Wildman–Crippen LogP) is 7.84. The van der Waals surface area contributed by atoms with E-state index in [1.807, 2.05) is 0 Å². The molecule has 0 saturated carbocycles. The Morgan fingerprint density at radius 1 is 0.360 bits per heavy atom. The van der Waals surface area contributed by atoms with Gasteiger partial charge in [0.15, 0.2) is 38.9 Å². The van der Waals surface area contributed by atoms with E-state index in [9.17, 15) is 104 Å². The van der Waals surface area contributed by atoms with Crippen LogP contribution in [-0.2, 0) is 86.4 Å². The zero-order chi connectivity index (χ0) is 72.1. The molecular weight excluding hydrogens is 1480 g/mol. The molecule has 0 radical (unpaired) electrons. The zero-order valence-corrected chi connectivity index (χ0v) is 55.3. The Bertz CT molecular complexity index is 6820. The Kier molecular flexibility index (Phi) is 15.9. The molecule has 0 aliphatic carbocycles. The first-order valence-electron chi connectivity index (χ1n) is 27.1. The van der Waals surface area contributed by atoms with Crippen LogP contribution < -0.4 is 5.73 Å². The number of nitrogens with two attached hydrogens (primary N) is 1. The number of hydrogen-bond acceptors (Lipinski definition) is 28. The maximum Gasteiger partial charge on any atom is 0.296 e. The summed E-state index contributed by atoms with van der Waals surface area (Å²) < 4.78 is 275. The Morgan fingerprint density at radius 3 is 1.23 bits per heavy atom. The Balaban J connectivity index is 0.957. The Labute approximate surface area is 559 Å². The second kappa shape index (κ2) is 23.3. The van der Waals surface area contributed by atoms with Crippen LogP contribution in [0.15, 0.2) is 187 Å². The van der Waals surface area contributed by atoms with Gasteiger partial charge >= 0.3 is 0 Å². The van der Waals surface area contributed by atoms with Crippen molar-refractivity contribution in [2.75, 3.05) is 5.73 Å². The number of sulfone groups is 1. The number of nitrogen functional groups attached to an aromatic ring is 1. The summed E-state index contributed by atoms with van der Waals surface area (Å²) in [5, 5.41) is 25.3. The number of aromatic nitrogens is 8. The number of phenols is 1. The van der Waals surface area contributed by atoms with Gasteiger partial charge in [-0.3, -0.25) is 31.9 Å². The minimum absolute atomic E-state index is 0.0105. The van der Waals surface area contributed by atoms with Crippen molar-refractivity contribution in [2.24, 2.45) is 20.5 Å². The predicted molar refractivity (Wildman–Crippen MR) is 347 cm³/mol. The molecule has 8 aromatic carbocycles. The van der Waals surface area contributed by atoms with Crippen molar-refractivity contribution in [2.45, 2.75) is 44.9 Å². The molecule has 2 aliphatic rings. The first-order chi connectivity index (χ1) is 46.5. The number of fused-ring (bicyclic) bond motifs is 21. The van der Waals surface area contributed by atoms with Crippen molar-refractivity contribution in [3.05, 3.63) is 133 Å². The molecule has 12 N–H and O–H groups in total. The molecule has 512 valence electrons. The fraction of sp³-hybridized carbons (Fsp3) is 0.0182. The number of azo groups is 2. The van der Waals surface area contributed by atoms with Gasteiger partial charge in [-0.2, -0.15) is 64.0 Å². The third-order valence-electron chi connectivity index (χ3n) is 15.2. The van der Waals surface area contributed by atoms with Gasteiger partial charge in [-0.15, -0.1) is 15.3 Å². The van der Waals surface area contributed by atoms with Crippen LogP contribution in [0.2, 0.25) is 0 Å². The molecule has 0 fully saturated rings. The van der Waals surface area contributed by atoms with Gasteiger partial charge in [0.05, 0.1) is 47.0 Å². The van der Waals surface area contributed by atoms with Crippen LogP contribution in [0.5, 0.6) is 5.75 Å². The lowest BCUT2D eigenvalue weighted by atomic mass is 10.1. The number of nitrogens with one attached hydrogen (secondary N) is 2. The van der Waals surface area contributed by atoms with E-state index in [4.69, 9.17) is 15.7 Å². The summed E-state index contributed by atoms with van der Waals surface area (Å²) >= 11 is 0.